The first-order valence-corrected chi connectivity index (χ1v) is 10.7. The summed E-state index contributed by atoms with van der Waals surface area (Å²) in [4.78, 5) is 15.3. The highest BCUT2D eigenvalue weighted by atomic mass is 32.2. The minimum absolute atomic E-state index is 0.0383. The van der Waals surface area contributed by atoms with Crippen LogP contribution in [0.5, 0.6) is 5.75 Å². The van der Waals surface area contributed by atoms with E-state index in [9.17, 15) is 4.79 Å². The molecular formula is C23H25NO2S2. The van der Waals surface area contributed by atoms with E-state index in [0.29, 0.717) is 21.8 Å². The molecule has 0 bridgehead atoms. The summed E-state index contributed by atoms with van der Waals surface area (Å²) in [6.45, 7) is 7.09. The lowest BCUT2D eigenvalue weighted by Crippen LogP contribution is -2.30. The van der Waals surface area contributed by atoms with Crippen LogP contribution < -0.4 is 4.74 Å². The molecular weight excluding hydrogens is 386 g/mol. The second-order valence-electron chi connectivity index (χ2n) is 7.24. The third kappa shape index (κ3) is 5.03. The summed E-state index contributed by atoms with van der Waals surface area (Å²) in [7, 11) is 0. The van der Waals surface area contributed by atoms with Gasteiger partial charge in [-0.05, 0) is 48.6 Å². The molecule has 3 rings (SSSR count). The molecule has 1 aliphatic heterocycles. The van der Waals surface area contributed by atoms with Crippen molar-refractivity contribution in [1.29, 1.82) is 0 Å². The van der Waals surface area contributed by atoms with Gasteiger partial charge in [-0.15, -0.1) is 0 Å². The van der Waals surface area contributed by atoms with Crippen LogP contribution in [-0.2, 0) is 4.79 Å². The van der Waals surface area contributed by atoms with E-state index in [1.165, 1.54) is 11.8 Å². The number of rotatable bonds is 7. The van der Waals surface area contributed by atoms with Crippen LogP contribution in [0, 0.1) is 5.92 Å². The number of nitrogens with zero attached hydrogens (tertiary/aromatic N) is 1. The number of carbonyl (C=O) groups is 1. The molecule has 0 radical (unpaired) electrons. The van der Waals surface area contributed by atoms with Gasteiger partial charge in [-0.2, -0.15) is 0 Å². The van der Waals surface area contributed by atoms with Gasteiger partial charge < -0.3 is 4.74 Å². The van der Waals surface area contributed by atoms with E-state index in [4.69, 9.17) is 17.0 Å². The number of hydrogen-bond donors (Lipinski definition) is 0. The zero-order chi connectivity index (χ0) is 20.1. The highest BCUT2D eigenvalue weighted by molar-refractivity contribution is 8.26. The van der Waals surface area contributed by atoms with Crippen molar-refractivity contribution in [1.82, 2.24) is 4.90 Å². The summed E-state index contributed by atoms with van der Waals surface area (Å²) in [6.07, 6.45) is 2.93. The van der Waals surface area contributed by atoms with Crippen LogP contribution in [0.4, 0.5) is 0 Å². The van der Waals surface area contributed by atoms with E-state index in [0.717, 1.165) is 23.3 Å². The van der Waals surface area contributed by atoms with E-state index < -0.39 is 0 Å². The molecule has 0 spiro atoms. The zero-order valence-electron chi connectivity index (χ0n) is 16.4. The Hall–Kier alpha value is -2.11. The van der Waals surface area contributed by atoms with Crippen LogP contribution >= 0.6 is 24.0 Å². The minimum Gasteiger partial charge on any atom is -0.494 e. The number of amides is 1. The lowest BCUT2D eigenvalue weighted by molar-refractivity contribution is -0.123. The molecule has 1 amide bonds. The van der Waals surface area contributed by atoms with E-state index in [-0.39, 0.29) is 11.9 Å². The average Bonchev–Trinajstić information content (AvgIpc) is 2.96. The van der Waals surface area contributed by atoms with Crippen molar-refractivity contribution >= 4 is 40.3 Å². The number of ether oxygens (including phenoxy) is 1. The number of carbonyl (C=O) groups excluding carboxylic acids is 1. The highest BCUT2D eigenvalue weighted by Gasteiger charge is 2.35. The van der Waals surface area contributed by atoms with Gasteiger partial charge in [0.15, 0.2) is 0 Å². The molecule has 1 fully saturated rings. The second-order valence-corrected chi connectivity index (χ2v) is 8.91. The molecule has 0 aliphatic carbocycles. The summed E-state index contributed by atoms with van der Waals surface area (Å²) < 4.78 is 6.35. The van der Waals surface area contributed by atoms with Crippen molar-refractivity contribution < 1.29 is 9.53 Å². The Bertz CT molecular complexity index is 860. The number of benzene rings is 2. The maximum atomic E-state index is 12.9. The molecule has 1 saturated heterocycles. The Morgan fingerprint density at radius 1 is 1.07 bits per heavy atom. The lowest BCUT2D eigenvalue weighted by atomic mass is 10.1. The summed E-state index contributed by atoms with van der Waals surface area (Å²) in [6, 6.07) is 17.7. The third-order valence-electron chi connectivity index (χ3n) is 4.63. The minimum atomic E-state index is -0.0867. The number of thioether (sulfide) groups is 1. The maximum absolute atomic E-state index is 12.9. The van der Waals surface area contributed by atoms with Crippen LogP contribution in [0.3, 0.4) is 0 Å². The first-order chi connectivity index (χ1) is 13.5. The Morgan fingerprint density at radius 2 is 1.75 bits per heavy atom. The molecule has 1 heterocycles. The fraction of sp³-hybridized carbons (Fsp3) is 0.304. The first-order valence-electron chi connectivity index (χ1n) is 9.50. The van der Waals surface area contributed by atoms with Gasteiger partial charge in [0.05, 0.1) is 17.6 Å². The molecule has 0 aromatic heterocycles. The summed E-state index contributed by atoms with van der Waals surface area (Å²) in [5.41, 5.74) is 2.03. The average molecular weight is 412 g/mol. The van der Waals surface area contributed by atoms with Gasteiger partial charge in [-0.25, -0.2) is 0 Å². The summed E-state index contributed by atoms with van der Waals surface area (Å²) in [5.74, 6) is 1.44. The van der Waals surface area contributed by atoms with Crippen molar-refractivity contribution in [3.8, 4) is 5.75 Å². The highest BCUT2D eigenvalue weighted by Crippen LogP contribution is 2.38. The molecule has 0 unspecified atom stereocenters. The zero-order valence-corrected chi connectivity index (χ0v) is 18.1. The molecule has 3 nitrogen and oxygen atoms in total. The van der Waals surface area contributed by atoms with Gasteiger partial charge in [0, 0.05) is 0 Å². The Kier molecular flexibility index (Phi) is 6.92. The molecule has 1 atom stereocenters. The normalized spacial score (nSPS) is 16.9. The third-order valence-corrected chi connectivity index (χ3v) is 5.97. The predicted molar refractivity (Wildman–Crippen MR) is 121 cm³/mol. The van der Waals surface area contributed by atoms with Crippen LogP contribution in [0.1, 0.15) is 44.4 Å². The second kappa shape index (κ2) is 9.39. The standard InChI is InChI=1S/C23H25NO2S2/c1-16(2)13-14-26-20-11-9-18(10-12-20)15-21-22(25)24(23(27)28-21)17(3)19-7-5-4-6-8-19/h4-12,15-17H,13-14H2,1-3H3/b21-15-/t17-/m1/s1. The monoisotopic (exact) mass is 411 g/mol. The maximum Gasteiger partial charge on any atom is 0.266 e. The molecule has 2 aromatic rings. The van der Waals surface area contributed by atoms with Crippen LogP contribution in [0.25, 0.3) is 6.08 Å². The van der Waals surface area contributed by atoms with E-state index in [1.807, 2.05) is 67.6 Å². The van der Waals surface area contributed by atoms with Gasteiger partial charge >= 0.3 is 0 Å². The fourth-order valence-corrected chi connectivity index (χ4v) is 4.34. The van der Waals surface area contributed by atoms with Crippen molar-refractivity contribution in [3.05, 3.63) is 70.6 Å². The lowest BCUT2D eigenvalue weighted by Gasteiger charge is -2.23. The smallest absolute Gasteiger partial charge is 0.266 e. The molecule has 146 valence electrons. The van der Waals surface area contributed by atoms with Crippen molar-refractivity contribution in [2.75, 3.05) is 6.61 Å². The van der Waals surface area contributed by atoms with Gasteiger partial charge in [-0.3, -0.25) is 9.69 Å². The first kappa shape index (κ1) is 20.6. The molecule has 1 aliphatic rings. The predicted octanol–water partition coefficient (Wildman–Crippen LogP) is 6.07. The van der Waals surface area contributed by atoms with Crippen LogP contribution in [0.15, 0.2) is 59.5 Å². The summed E-state index contributed by atoms with van der Waals surface area (Å²) in [5, 5.41) is 0. The van der Waals surface area contributed by atoms with Gasteiger partial charge in [0.1, 0.15) is 10.1 Å². The molecule has 0 N–H and O–H groups in total. The largest absolute Gasteiger partial charge is 0.494 e. The van der Waals surface area contributed by atoms with E-state index >= 15 is 0 Å². The Balaban J connectivity index is 1.69. The molecule has 2 aromatic carbocycles. The van der Waals surface area contributed by atoms with E-state index in [1.54, 1.807) is 4.90 Å². The topological polar surface area (TPSA) is 29.5 Å². The SMILES string of the molecule is CC(C)CCOc1ccc(/C=C2\SC(=S)N([C@H](C)c3ccccc3)C2=O)cc1. The van der Waals surface area contributed by atoms with Gasteiger partial charge in [-0.1, -0.05) is 80.3 Å². The molecule has 5 heteroatoms. The quantitative estimate of drug-likeness (QED) is 0.408. The van der Waals surface area contributed by atoms with Crippen molar-refractivity contribution in [2.45, 2.75) is 33.2 Å². The number of thiocarbonyl (C=S) groups is 1. The van der Waals surface area contributed by atoms with E-state index in [2.05, 4.69) is 13.8 Å². The van der Waals surface area contributed by atoms with Crippen LogP contribution in [-0.4, -0.2) is 21.7 Å². The Labute approximate surface area is 176 Å². The van der Waals surface area contributed by atoms with Crippen molar-refractivity contribution in [3.63, 3.8) is 0 Å². The fourth-order valence-electron chi connectivity index (χ4n) is 2.92. The summed E-state index contributed by atoms with van der Waals surface area (Å²) >= 11 is 6.84. The number of hydrogen-bond acceptors (Lipinski definition) is 4. The van der Waals surface area contributed by atoms with Crippen molar-refractivity contribution in [2.24, 2.45) is 5.92 Å². The van der Waals surface area contributed by atoms with Gasteiger partial charge in [0.25, 0.3) is 5.91 Å². The van der Waals surface area contributed by atoms with Gasteiger partial charge in [0.2, 0.25) is 0 Å². The molecule has 28 heavy (non-hydrogen) atoms. The van der Waals surface area contributed by atoms with Crippen LogP contribution in [0.2, 0.25) is 0 Å². The Morgan fingerprint density at radius 3 is 2.39 bits per heavy atom. The molecule has 0 saturated carbocycles.